The standard InChI is InChI=1S/C22H25N3O6S/c1-30-17-9-5-8-16(12-17)23-21(26)14-25-19-11-10-18(13-20(19)31-22(25)27)32(28,29)24-15-6-3-2-4-7-15/h5,8-13,15,24H,2-4,6-7,14H2,1H3,(H,23,26). The minimum Gasteiger partial charge on any atom is -0.497 e. The molecule has 4 rings (SSSR count). The Kier molecular flexibility index (Phi) is 6.33. The molecule has 0 radical (unpaired) electrons. The van der Waals surface area contributed by atoms with E-state index < -0.39 is 21.7 Å². The molecule has 0 saturated heterocycles. The van der Waals surface area contributed by atoms with Crippen LogP contribution in [0.5, 0.6) is 5.75 Å². The lowest BCUT2D eigenvalue weighted by molar-refractivity contribution is -0.116. The highest BCUT2D eigenvalue weighted by Crippen LogP contribution is 2.23. The highest BCUT2D eigenvalue weighted by atomic mass is 32.2. The first kappa shape index (κ1) is 22.1. The van der Waals surface area contributed by atoms with Gasteiger partial charge in [-0.1, -0.05) is 25.3 Å². The number of nitrogens with zero attached hydrogens (tertiary/aromatic N) is 1. The fraction of sp³-hybridized carbons (Fsp3) is 0.364. The Bertz CT molecular complexity index is 1290. The van der Waals surface area contributed by atoms with Crippen LogP contribution in [0.15, 0.2) is 56.6 Å². The normalized spacial score (nSPS) is 15.0. The summed E-state index contributed by atoms with van der Waals surface area (Å²) in [6.07, 6.45) is 4.75. The molecular formula is C22H25N3O6S. The van der Waals surface area contributed by atoms with Crippen molar-refractivity contribution in [2.24, 2.45) is 0 Å². The average Bonchev–Trinajstić information content (AvgIpc) is 3.08. The van der Waals surface area contributed by atoms with Crippen molar-refractivity contribution in [3.63, 3.8) is 0 Å². The van der Waals surface area contributed by atoms with Gasteiger partial charge in [0.05, 0.1) is 17.5 Å². The largest absolute Gasteiger partial charge is 0.497 e. The van der Waals surface area contributed by atoms with Crippen LogP contribution in [0.4, 0.5) is 5.69 Å². The van der Waals surface area contributed by atoms with Gasteiger partial charge in [-0.15, -0.1) is 0 Å². The van der Waals surface area contributed by atoms with Gasteiger partial charge in [-0.2, -0.15) is 0 Å². The van der Waals surface area contributed by atoms with E-state index in [-0.39, 0.29) is 23.1 Å². The first-order valence-electron chi connectivity index (χ1n) is 10.5. The molecule has 3 aromatic rings. The Labute approximate surface area is 185 Å². The second kappa shape index (κ2) is 9.17. The number of benzene rings is 2. The first-order valence-corrected chi connectivity index (χ1v) is 11.9. The number of carbonyl (C=O) groups is 1. The van der Waals surface area contributed by atoms with Crippen LogP contribution in [0, 0.1) is 0 Å². The van der Waals surface area contributed by atoms with E-state index in [1.165, 1.54) is 25.3 Å². The van der Waals surface area contributed by atoms with Crippen LogP contribution in [-0.2, 0) is 21.4 Å². The molecule has 1 aromatic heterocycles. The summed E-state index contributed by atoms with van der Waals surface area (Å²) >= 11 is 0. The molecule has 1 amide bonds. The van der Waals surface area contributed by atoms with Crippen LogP contribution in [-0.4, -0.2) is 32.0 Å². The van der Waals surface area contributed by atoms with Gasteiger partial charge in [0, 0.05) is 23.9 Å². The maximum absolute atomic E-state index is 12.8. The Morgan fingerprint density at radius 2 is 1.94 bits per heavy atom. The number of carbonyl (C=O) groups excluding carboxylic acids is 1. The zero-order valence-electron chi connectivity index (χ0n) is 17.7. The molecule has 1 aliphatic carbocycles. The van der Waals surface area contributed by atoms with Gasteiger partial charge in [0.2, 0.25) is 15.9 Å². The Morgan fingerprint density at radius 1 is 1.16 bits per heavy atom. The van der Waals surface area contributed by atoms with Crippen LogP contribution in [0.25, 0.3) is 11.1 Å². The van der Waals surface area contributed by atoms with E-state index in [0.29, 0.717) is 17.0 Å². The van der Waals surface area contributed by atoms with Crippen molar-refractivity contribution in [3.8, 4) is 5.75 Å². The highest BCUT2D eigenvalue weighted by Gasteiger charge is 2.23. The maximum atomic E-state index is 12.8. The molecule has 10 heteroatoms. The molecule has 1 aliphatic rings. The number of rotatable bonds is 7. The molecule has 0 atom stereocenters. The van der Waals surface area contributed by atoms with Gasteiger partial charge in [-0.05, 0) is 37.1 Å². The van der Waals surface area contributed by atoms with Crippen LogP contribution in [0.1, 0.15) is 32.1 Å². The molecular weight excluding hydrogens is 434 g/mol. The fourth-order valence-corrected chi connectivity index (χ4v) is 5.24. The van der Waals surface area contributed by atoms with E-state index in [2.05, 4.69) is 10.0 Å². The number of anilines is 1. The van der Waals surface area contributed by atoms with Gasteiger partial charge in [0.1, 0.15) is 12.3 Å². The van der Waals surface area contributed by atoms with E-state index >= 15 is 0 Å². The van der Waals surface area contributed by atoms with Gasteiger partial charge in [-0.25, -0.2) is 17.9 Å². The third kappa shape index (κ3) is 4.86. The monoisotopic (exact) mass is 459 g/mol. The van der Waals surface area contributed by atoms with Crippen molar-refractivity contribution < 1.29 is 22.4 Å². The Balaban J connectivity index is 1.53. The smallest absolute Gasteiger partial charge is 0.420 e. The number of amides is 1. The van der Waals surface area contributed by atoms with Gasteiger partial charge < -0.3 is 14.5 Å². The van der Waals surface area contributed by atoms with Gasteiger partial charge in [0.25, 0.3) is 0 Å². The molecule has 2 N–H and O–H groups in total. The number of oxazole rings is 1. The Morgan fingerprint density at radius 3 is 2.69 bits per heavy atom. The lowest BCUT2D eigenvalue weighted by Crippen LogP contribution is -2.36. The number of methoxy groups -OCH3 is 1. The molecule has 0 unspecified atom stereocenters. The number of aromatic nitrogens is 1. The summed E-state index contributed by atoms with van der Waals surface area (Å²) in [5.41, 5.74) is 0.973. The second-order valence-electron chi connectivity index (χ2n) is 7.82. The zero-order chi connectivity index (χ0) is 22.7. The topological polar surface area (TPSA) is 120 Å². The molecule has 0 aliphatic heterocycles. The van der Waals surface area contributed by atoms with Gasteiger partial charge >= 0.3 is 5.76 Å². The number of nitrogens with one attached hydrogen (secondary N) is 2. The molecule has 1 heterocycles. The summed E-state index contributed by atoms with van der Waals surface area (Å²) in [7, 11) is -2.21. The summed E-state index contributed by atoms with van der Waals surface area (Å²) in [6, 6.07) is 11.0. The fourth-order valence-electron chi connectivity index (χ4n) is 3.92. The van der Waals surface area contributed by atoms with Crippen LogP contribution in [0.2, 0.25) is 0 Å². The van der Waals surface area contributed by atoms with Crippen molar-refractivity contribution in [2.75, 3.05) is 12.4 Å². The summed E-state index contributed by atoms with van der Waals surface area (Å²) in [4.78, 5) is 24.8. The SMILES string of the molecule is COc1cccc(NC(=O)Cn2c(=O)oc3cc(S(=O)(=O)NC4CCCCC4)ccc32)c1. The predicted molar refractivity (Wildman–Crippen MR) is 119 cm³/mol. The summed E-state index contributed by atoms with van der Waals surface area (Å²) in [5, 5.41) is 2.70. The minimum atomic E-state index is -3.74. The van der Waals surface area contributed by atoms with E-state index in [9.17, 15) is 18.0 Å². The maximum Gasteiger partial charge on any atom is 0.420 e. The Hall–Kier alpha value is -3.11. The summed E-state index contributed by atoms with van der Waals surface area (Å²) < 4.78 is 39.8. The quantitative estimate of drug-likeness (QED) is 0.561. The van der Waals surface area contributed by atoms with Crippen molar-refractivity contribution >= 4 is 32.7 Å². The predicted octanol–water partition coefficient (Wildman–Crippen LogP) is 2.85. The molecule has 170 valence electrons. The van der Waals surface area contributed by atoms with Crippen molar-refractivity contribution in [1.82, 2.24) is 9.29 Å². The molecule has 9 nitrogen and oxygen atoms in total. The third-order valence-electron chi connectivity index (χ3n) is 5.53. The molecule has 1 fully saturated rings. The number of hydrogen-bond donors (Lipinski definition) is 2. The van der Waals surface area contributed by atoms with Gasteiger partial charge in [0.15, 0.2) is 5.58 Å². The van der Waals surface area contributed by atoms with Crippen molar-refractivity contribution in [2.45, 2.75) is 49.6 Å². The van der Waals surface area contributed by atoms with E-state index in [0.717, 1.165) is 36.7 Å². The number of fused-ring (bicyclic) bond motifs is 1. The molecule has 1 saturated carbocycles. The molecule has 0 spiro atoms. The summed E-state index contributed by atoms with van der Waals surface area (Å²) in [5.74, 6) is -0.585. The first-order chi connectivity index (χ1) is 15.4. The van der Waals surface area contributed by atoms with Crippen LogP contribution >= 0.6 is 0 Å². The summed E-state index contributed by atoms with van der Waals surface area (Å²) in [6.45, 7) is -0.282. The lowest BCUT2D eigenvalue weighted by Gasteiger charge is -2.22. The van der Waals surface area contributed by atoms with Crippen molar-refractivity contribution in [1.29, 1.82) is 0 Å². The van der Waals surface area contributed by atoms with Crippen LogP contribution < -0.4 is 20.5 Å². The third-order valence-corrected chi connectivity index (χ3v) is 7.05. The molecule has 0 bridgehead atoms. The second-order valence-corrected chi connectivity index (χ2v) is 9.53. The van der Waals surface area contributed by atoms with Crippen LogP contribution in [0.3, 0.4) is 0 Å². The highest BCUT2D eigenvalue weighted by molar-refractivity contribution is 7.89. The number of hydrogen-bond acceptors (Lipinski definition) is 6. The lowest BCUT2D eigenvalue weighted by atomic mass is 9.96. The van der Waals surface area contributed by atoms with E-state index in [1.54, 1.807) is 24.3 Å². The van der Waals surface area contributed by atoms with E-state index in [1.807, 2.05) is 0 Å². The number of sulfonamides is 1. The number of ether oxygens (including phenoxy) is 1. The molecule has 2 aromatic carbocycles. The van der Waals surface area contributed by atoms with E-state index in [4.69, 9.17) is 9.15 Å². The molecule has 32 heavy (non-hydrogen) atoms. The average molecular weight is 460 g/mol. The zero-order valence-corrected chi connectivity index (χ0v) is 18.5. The minimum absolute atomic E-state index is 0.0253. The van der Waals surface area contributed by atoms with Crippen molar-refractivity contribution in [3.05, 3.63) is 53.0 Å². The van der Waals surface area contributed by atoms with Gasteiger partial charge in [-0.3, -0.25) is 9.36 Å².